The Morgan fingerprint density at radius 2 is 1.55 bits per heavy atom. The molecule has 0 atom stereocenters. The fraction of sp³-hybridized carbons (Fsp3) is 0.680. The van der Waals surface area contributed by atoms with E-state index in [2.05, 4.69) is 86.4 Å². The van der Waals surface area contributed by atoms with E-state index in [-0.39, 0.29) is 10.5 Å². The molecule has 164 valence electrons. The highest BCUT2D eigenvalue weighted by molar-refractivity contribution is 6.74. The van der Waals surface area contributed by atoms with Gasteiger partial charge >= 0.3 is 0 Å². The van der Waals surface area contributed by atoms with Crippen molar-refractivity contribution in [2.45, 2.75) is 110 Å². The molecular formula is C25H44O2Si2. The lowest BCUT2D eigenvalue weighted by atomic mass is 9.74. The maximum Gasteiger partial charge on any atom is 0.250 e. The van der Waals surface area contributed by atoms with Gasteiger partial charge in [0.05, 0.1) is 0 Å². The summed E-state index contributed by atoms with van der Waals surface area (Å²) in [5.41, 5.74) is 4.29. The predicted octanol–water partition coefficient (Wildman–Crippen LogP) is 7.94. The van der Waals surface area contributed by atoms with Crippen molar-refractivity contribution in [2.75, 3.05) is 0 Å². The Bertz CT molecular complexity index is 726. The average Bonchev–Trinajstić information content (AvgIpc) is 2.52. The minimum absolute atomic E-state index is 0.0488. The highest BCUT2D eigenvalue weighted by atomic mass is 28.4. The topological polar surface area (TPSA) is 18.5 Å². The summed E-state index contributed by atoms with van der Waals surface area (Å²) in [4.78, 5) is 0. The van der Waals surface area contributed by atoms with Gasteiger partial charge in [-0.25, -0.2) is 0 Å². The van der Waals surface area contributed by atoms with Gasteiger partial charge in [0, 0.05) is 6.07 Å². The van der Waals surface area contributed by atoms with Crippen LogP contribution in [0.3, 0.4) is 0 Å². The van der Waals surface area contributed by atoms with Gasteiger partial charge in [-0.3, -0.25) is 0 Å². The lowest BCUT2D eigenvalue weighted by molar-refractivity contribution is 0.459. The molecule has 0 radical (unpaired) electrons. The zero-order valence-electron chi connectivity index (χ0n) is 20.7. The van der Waals surface area contributed by atoms with Crippen molar-refractivity contribution in [3.8, 4) is 11.5 Å². The number of rotatable bonds is 5. The lowest BCUT2D eigenvalue weighted by Crippen LogP contribution is -2.44. The summed E-state index contributed by atoms with van der Waals surface area (Å²) < 4.78 is 13.3. The van der Waals surface area contributed by atoms with E-state index >= 15 is 0 Å². The largest absolute Gasteiger partial charge is 0.547 e. The molecule has 2 rings (SSSR count). The van der Waals surface area contributed by atoms with Gasteiger partial charge in [-0.2, -0.15) is 0 Å². The molecule has 1 aromatic carbocycles. The molecule has 0 saturated heterocycles. The summed E-state index contributed by atoms with van der Waals surface area (Å²) >= 11 is 0. The van der Waals surface area contributed by atoms with Crippen LogP contribution in [-0.2, 0) is 5.41 Å². The molecule has 0 unspecified atom stereocenters. The molecule has 1 fully saturated rings. The van der Waals surface area contributed by atoms with E-state index in [9.17, 15) is 0 Å². The standard InChI is InChI=1S/C25H44O2Si2/c1-18-12-14-19(15-13-18)23-21(24(2,3)4)16-20(17-22(23)26-28(8)9)27-29(10,11)25(5,6)7/h16-17,19,28H,1,12-15H2,2-11H3. The van der Waals surface area contributed by atoms with Crippen LogP contribution in [0.5, 0.6) is 11.5 Å². The second-order valence-electron chi connectivity index (χ2n) is 11.7. The summed E-state index contributed by atoms with van der Waals surface area (Å²) in [5, 5.41) is 0.172. The molecule has 0 bridgehead atoms. The number of hydrogen-bond donors (Lipinski definition) is 0. The fourth-order valence-electron chi connectivity index (χ4n) is 3.82. The molecule has 0 amide bonds. The van der Waals surface area contributed by atoms with E-state index in [1.807, 2.05) is 0 Å². The summed E-state index contributed by atoms with van der Waals surface area (Å²) in [6.07, 6.45) is 4.63. The first kappa shape index (κ1) is 24.3. The Labute approximate surface area is 183 Å². The number of allylic oxidation sites excluding steroid dienone is 1. The molecule has 1 saturated carbocycles. The molecule has 1 aliphatic carbocycles. The molecule has 0 aliphatic heterocycles. The minimum Gasteiger partial charge on any atom is -0.547 e. The van der Waals surface area contributed by atoms with Crippen molar-refractivity contribution >= 4 is 17.4 Å². The highest BCUT2D eigenvalue weighted by Gasteiger charge is 2.39. The van der Waals surface area contributed by atoms with Crippen LogP contribution in [0.4, 0.5) is 0 Å². The third-order valence-electron chi connectivity index (χ3n) is 6.57. The van der Waals surface area contributed by atoms with Crippen molar-refractivity contribution in [3.05, 3.63) is 35.4 Å². The summed E-state index contributed by atoms with van der Waals surface area (Å²) in [5.74, 6) is 2.64. The van der Waals surface area contributed by atoms with Crippen molar-refractivity contribution < 1.29 is 8.85 Å². The lowest BCUT2D eigenvalue weighted by Gasteiger charge is -2.38. The maximum absolute atomic E-state index is 6.74. The van der Waals surface area contributed by atoms with Crippen LogP contribution in [0.25, 0.3) is 0 Å². The minimum atomic E-state index is -1.91. The van der Waals surface area contributed by atoms with Crippen LogP contribution in [-0.4, -0.2) is 17.4 Å². The van der Waals surface area contributed by atoms with Gasteiger partial charge in [-0.15, -0.1) is 0 Å². The molecule has 1 aliphatic rings. The van der Waals surface area contributed by atoms with E-state index < -0.39 is 17.4 Å². The molecule has 0 N–H and O–H groups in total. The fourth-order valence-corrected chi connectivity index (χ4v) is 5.53. The Hall–Kier alpha value is -1.01. The zero-order chi connectivity index (χ0) is 22.2. The van der Waals surface area contributed by atoms with E-state index in [0.717, 1.165) is 24.3 Å². The van der Waals surface area contributed by atoms with Crippen LogP contribution in [0.2, 0.25) is 31.2 Å². The summed E-state index contributed by atoms with van der Waals surface area (Å²) in [7, 11) is -3.15. The molecule has 29 heavy (non-hydrogen) atoms. The summed E-state index contributed by atoms with van der Waals surface area (Å²) in [6, 6.07) is 4.54. The smallest absolute Gasteiger partial charge is 0.250 e. The molecule has 0 spiro atoms. The Balaban J connectivity index is 2.61. The van der Waals surface area contributed by atoms with Gasteiger partial charge in [0.15, 0.2) is 0 Å². The van der Waals surface area contributed by atoms with Gasteiger partial charge in [0.1, 0.15) is 11.5 Å². The first-order valence-electron chi connectivity index (χ1n) is 11.3. The molecule has 0 heterocycles. The van der Waals surface area contributed by atoms with Crippen LogP contribution in [0.1, 0.15) is 84.3 Å². The highest BCUT2D eigenvalue weighted by Crippen LogP contribution is 2.47. The van der Waals surface area contributed by atoms with Crippen LogP contribution in [0, 0.1) is 0 Å². The van der Waals surface area contributed by atoms with Gasteiger partial charge < -0.3 is 8.85 Å². The van der Waals surface area contributed by atoms with Crippen LogP contribution >= 0.6 is 0 Å². The van der Waals surface area contributed by atoms with Crippen molar-refractivity contribution in [1.29, 1.82) is 0 Å². The molecule has 4 heteroatoms. The monoisotopic (exact) mass is 432 g/mol. The van der Waals surface area contributed by atoms with E-state index in [4.69, 9.17) is 8.85 Å². The van der Waals surface area contributed by atoms with Gasteiger partial charge in [0.25, 0.3) is 0 Å². The van der Waals surface area contributed by atoms with Gasteiger partial charge in [-0.1, -0.05) is 53.7 Å². The van der Waals surface area contributed by atoms with E-state index in [0.29, 0.717) is 5.92 Å². The van der Waals surface area contributed by atoms with Gasteiger partial charge in [-0.05, 0) is 85.4 Å². The number of benzene rings is 1. The Morgan fingerprint density at radius 1 is 1.00 bits per heavy atom. The molecule has 2 nitrogen and oxygen atoms in total. The Morgan fingerprint density at radius 3 is 2.00 bits per heavy atom. The average molecular weight is 433 g/mol. The van der Waals surface area contributed by atoms with Gasteiger partial charge in [0.2, 0.25) is 17.4 Å². The predicted molar refractivity (Wildman–Crippen MR) is 133 cm³/mol. The number of hydrogen-bond acceptors (Lipinski definition) is 2. The zero-order valence-corrected chi connectivity index (χ0v) is 22.8. The summed E-state index contributed by atoms with van der Waals surface area (Å²) in [6.45, 7) is 27.2. The normalized spacial score (nSPS) is 17.0. The third kappa shape index (κ3) is 6.00. The van der Waals surface area contributed by atoms with E-state index in [1.54, 1.807) is 0 Å². The van der Waals surface area contributed by atoms with Crippen molar-refractivity contribution in [2.24, 2.45) is 0 Å². The SMILES string of the molecule is C=C1CCC(c2c(O[SiH](C)C)cc(O[Si](C)(C)C(C)(C)C)cc2C(C)(C)C)CC1. The maximum atomic E-state index is 6.74. The van der Waals surface area contributed by atoms with Crippen molar-refractivity contribution in [1.82, 2.24) is 0 Å². The second-order valence-corrected chi connectivity index (χ2v) is 18.7. The first-order chi connectivity index (χ1) is 13.1. The molecule has 1 aromatic rings. The van der Waals surface area contributed by atoms with Crippen LogP contribution in [0.15, 0.2) is 24.3 Å². The van der Waals surface area contributed by atoms with Crippen LogP contribution < -0.4 is 8.85 Å². The van der Waals surface area contributed by atoms with Crippen molar-refractivity contribution in [3.63, 3.8) is 0 Å². The first-order valence-corrected chi connectivity index (χ1v) is 17.0. The molecular weight excluding hydrogens is 388 g/mol. The second kappa shape index (κ2) is 8.62. The molecule has 0 aromatic heterocycles. The third-order valence-corrected chi connectivity index (χ3v) is 11.7. The Kier molecular flexibility index (Phi) is 7.21. The quantitative estimate of drug-likeness (QED) is 0.347. The van der Waals surface area contributed by atoms with E-state index in [1.165, 1.54) is 29.5 Å².